The Kier molecular flexibility index (Phi) is 2.56. The van der Waals surface area contributed by atoms with Gasteiger partial charge in [0.25, 0.3) is 0 Å². The molecule has 0 amide bonds. The van der Waals surface area contributed by atoms with E-state index in [1.807, 2.05) is 18.2 Å². The Morgan fingerprint density at radius 3 is 2.93 bits per heavy atom. The average molecular weight is 270 g/mol. The fourth-order valence-electron chi connectivity index (χ4n) is 2.10. The Morgan fingerprint density at radius 2 is 2.27 bits per heavy atom. The Hall–Kier alpha value is -0.870. The molecule has 0 heterocycles. The van der Waals surface area contributed by atoms with Crippen LogP contribution in [0, 0.1) is 0 Å². The van der Waals surface area contributed by atoms with Crippen LogP contribution in [0.4, 0.5) is 0 Å². The topological polar surface area (TPSA) is 63.3 Å². The molecule has 0 saturated carbocycles. The summed E-state index contributed by atoms with van der Waals surface area (Å²) in [6.07, 6.45) is 2.25. The lowest BCUT2D eigenvalue weighted by Crippen LogP contribution is -2.47. The number of fused-ring (bicyclic) bond motifs is 1. The number of benzene rings is 1. The Labute approximate surface area is 96.4 Å². The van der Waals surface area contributed by atoms with Crippen molar-refractivity contribution in [3.63, 3.8) is 0 Å². The van der Waals surface area contributed by atoms with Crippen LogP contribution in [0.15, 0.2) is 22.7 Å². The molecular formula is C11H12BrNO2. The largest absolute Gasteiger partial charge is 0.480 e. The predicted octanol–water partition coefficient (Wildman–Crippen LogP) is 2.02. The van der Waals surface area contributed by atoms with E-state index in [-0.39, 0.29) is 0 Å². The average Bonchev–Trinajstić information content (AvgIpc) is 2.19. The second kappa shape index (κ2) is 3.61. The van der Waals surface area contributed by atoms with Crippen LogP contribution >= 0.6 is 15.9 Å². The summed E-state index contributed by atoms with van der Waals surface area (Å²) >= 11 is 3.34. The number of carboxylic acid groups (broad SMARTS) is 1. The van der Waals surface area contributed by atoms with Crippen molar-refractivity contribution in [2.45, 2.75) is 24.8 Å². The second-order valence-electron chi connectivity index (χ2n) is 3.93. The van der Waals surface area contributed by atoms with Gasteiger partial charge in [-0.15, -0.1) is 0 Å². The van der Waals surface area contributed by atoms with Gasteiger partial charge in [0, 0.05) is 4.47 Å². The number of halogens is 1. The van der Waals surface area contributed by atoms with Crippen LogP contribution in [0.5, 0.6) is 0 Å². The van der Waals surface area contributed by atoms with E-state index in [1.54, 1.807) is 0 Å². The number of carboxylic acids is 1. The standard InChI is InChI=1S/C11H12BrNO2/c12-8-4-3-7-2-1-5-11(13,10(14)15)9(7)6-8/h3-4,6H,1-2,5,13H2,(H,14,15). The molecule has 0 saturated heterocycles. The first kappa shape index (κ1) is 10.6. The van der Waals surface area contributed by atoms with Crippen LogP contribution in [-0.2, 0) is 16.8 Å². The summed E-state index contributed by atoms with van der Waals surface area (Å²) in [6.45, 7) is 0. The molecule has 0 bridgehead atoms. The highest BCUT2D eigenvalue weighted by Crippen LogP contribution is 2.35. The van der Waals surface area contributed by atoms with Gasteiger partial charge in [-0.2, -0.15) is 0 Å². The molecule has 0 aromatic heterocycles. The number of aryl methyl sites for hydroxylation is 1. The third kappa shape index (κ3) is 1.68. The highest BCUT2D eigenvalue weighted by Gasteiger charge is 2.39. The Balaban J connectivity index is 2.59. The van der Waals surface area contributed by atoms with Crippen LogP contribution in [0.3, 0.4) is 0 Å². The van der Waals surface area contributed by atoms with Crippen LogP contribution < -0.4 is 5.73 Å². The minimum absolute atomic E-state index is 0.506. The summed E-state index contributed by atoms with van der Waals surface area (Å²) in [5.41, 5.74) is 6.55. The third-order valence-corrected chi connectivity index (χ3v) is 3.44. The van der Waals surface area contributed by atoms with Gasteiger partial charge in [-0.3, -0.25) is 0 Å². The lowest BCUT2D eigenvalue weighted by atomic mass is 9.77. The summed E-state index contributed by atoms with van der Waals surface area (Å²) < 4.78 is 0.874. The zero-order valence-electron chi connectivity index (χ0n) is 8.16. The fourth-order valence-corrected chi connectivity index (χ4v) is 2.46. The fraction of sp³-hybridized carbons (Fsp3) is 0.364. The first-order valence-corrected chi connectivity index (χ1v) is 5.64. The molecule has 3 N–H and O–H groups in total. The van der Waals surface area contributed by atoms with Crippen LogP contribution in [0.2, 0.25) is 0 Å². The smallest absolute Gasteiger partial charge is 0.328 e. The minimum Gasteiger partial charge on any atom is -0.480 e. The van der Waals surface area contributed by atoms with E-state index < -0.39 is 11.5 Å². The number of hydrogen-bond acceptors (Lipinski definition) is 2. The van der Waals surface area contributed by atoms with Gasteiger partial charge in [-0.25, -0.2) is 4.79 Å². The van der Waals surface area contributed by atoms with Gasteiger partial charge < -0.3 is 10.8 Å². The molecular weight excluding hydrogens is 258 g/mol. The number of carbonyl (C=O) groups is 1. The van der Waals surface area contributed by atoms with Gasteiger partial charge in [0.05, 0.1) is 0 Å². The van der Waals surface area contributed by atoms with E-state index in [2.05, 4.69) is 15.9 Å². The third-order valence-electron chi connectivity index (χ3n) is 2.95. The van der Waals surface area contributed by atoms with Crippen molar-refractivity contribution >= 4 is 21.9 Å². The second-order valence-corrected chi connectivity index (χ2v) is 4.85. The van der Waals surface area contributed by atoms with E-state index in [4.69, 9.17) is 5.73 Å². The van der Waals surface area contributed by atoms with Crippen molar-refractivity contribution in [3.8, 4) is 0 Å². The lowest BCUT2D eigenvalue weighted by Gasteiger charge is -2.31. The predicted molar refractivity (Wildman–Crippen MR) is 60.6 cm³/mol. The summed E-state index contributed by atoms with van der Waals surface area (Å²) in [7, 11) is 0. The molecule has 1 aliphatic rings. The van der Waals surface area contributed by atoms with E-state index >= 15 is 0 Å². The van der Waals surface area contributed by atoms with Crippen molar-refractivity contribution in [1.82, 2.24) is 0 Å². The molecule has 0 aliphatic heterocycles. The van der Waals surface area contributed by atoms with Gasteiger partial charge in [0.15, 0.2) is 0 Å². The van der Waals surface area contributed by atoms with Crippen molar-refractivity contribution in [1.29, 1.82) is 0 Å². The molecule has 1 aromatic rings. The van der Waals surface area contributed by atoms with Crippen molar-refractivity contribution in [2.75, 3.05) is 0 Å². The SMILES string of the molecule is NC1(C(=O)O)CCCc2ccc(Br)cc21. The minimum atomic E-state index is -1.21. The summed E-state index contributed by atoms with van der Waals surface area (Å²) in [5, 5.41) is 9.19. The summed E-state index contributed by atoms with van der Waals surface area (Å²) in [5.74, 6) is -0.943. The quantitative estimate of drug-likeness (QED) is 0.820. The maximum Gasteiger partial charge on any atom is 0.328 e. The van der Waals surface area contributed by atoms with E-state index in [0.29, 0.717) is 6.42 Å². The number of hydrogen-bond donors (Lipinski definition) is 2. The van der Waals surface area contributed by atoms with Gasteiger partial charge in [-0.1, -0.05) is 22.0 Å². The molecule has 15 heavy (non-hydrogen) atoms. The molecule has 1 atom stereocenters. The molecule has 80 valence electrons. The molecule has 1 unspecified atom stereocenters. The molecule has 2 rings (SSSR count). The number of rotatable bonds is 1. The molecule has 4 heteroatoms. The van der Waals surface area contributed by atoms with Crippen LogP contribution in [-0.4, -0.2) is 11.1 Å². The normalized spacial score (nSPS) is 24.7. The molecule has 0 spiro atoms. The maximum absolute atomic E-state index is 11.2. The highest BCUT2D eigenvalue weighted by atomic mass is 79.9. The lowest BCUT2D eigenvalue weighted by molar-refractivity contribution is -0.144. The van der Waals surface area contributed by atoms with E-state index in [0.717, 1.165) is 28.4 Å². The summed E-state index contributed by atoms with van der Waals surface area (Å²) in [4.78, 5) is 11.2. The van der Waals surface area contributed by atoms with Crippen LogP contribution in [0.1, 0.15) is 24.0 Å². The zero-order valence-corrected chi connectivity index (χ0v) is 9.75. The molecule has 1 aliphatic carbocycles. The maximum atomic E-state index is 11.2. The van der Waals surface area contributed by atoms with E-state index in [1.165, 1.54) is 0 Å². The number of nitrogens with two attached hydrogens (primary N) is 1. The molecule has 0 fully saturated rings. The van der Waals surface area contributed by atoms with Gasteiger partial charge >= 0.3 is 5.97 Å². The summed E-state index contributed by atoms with van der Waals surface area (Å²) in [6, 6.07) is 5.69. The first-order valence-electron chi connectivity index (χ1n) is 4.85. The van der Waals surface area contributed by atoms with Crippen molar-refractivity contribution < 1.29 is 9.90 Å². The Morgan fingerprint density at radius 1 is 1.53 bits per heavy atom. The first-order chi connectivity index (χ1) is 7.04. The highest BCUT2D eigenvalue weighted by molar-refractivity contribution is 9.10. The van der Waals surface area contributed by atoms with Gasteiger partial charge in [0.2, 0.25) is 0 Å². The number of aliphatic carboxylic acids is 1. The zero-order chi connectivity index (χ0) is 11.1. The van der Waals surface area contributed by atoms with Gasteiger partial charge in [0.1, 0.15) is 5.54 Å². The van der Waals surface area contributed by atoms with Crippen molar-refractivity contribution in [2.24, 2.45) is 5.73 Å². The Bertz CT molecular complexity index is 419. The van der Waals surface area contributed by atoms with Gasteiger partial charge in [-0.05, 0) is 42.5 Å². The molecule has 0 radical (unpaired) electrons. The van der Waals surface area contributed by atoms with Crippen LogP contribution in [0.25, 0.3) is 0 Å². The molecule has 3 nitrogen and oxygen atoms in total. The van der Waals surface area contributed by atoms with Crippen molar-refractivity contribution in [3.05, 3.63) is 33.8 Å². The molecule has 1 aromatic carbocycles. The van der Waals surface area contributed by atoms with E-state index in [9.17, 15) is 9.90 Å². The monoisotopic (exact) mass is 269 g/mol.